The maximum absolute atomic E-state index is 11.9. The van der Waals surface area contributed by atoms with Crippen LogP contribution in [0.25, 0.3) is 0 Å². The first-order valence-corrected chi connectivity index (χ1v) is 7.26. The summed E-state index contributed by atoms with van der Waals surface area (Å²) >= 11 is 0. The van der Waals surface area contributed by atoms with Crippen LogP contribution in [-0.4, -0.2) is 25.1 Å². The van der Waals surface area contributed by atoms with E-state index >= 15 is 0 Å². The van der Waals surface area contributed by atoms with Crippen molar-refractivity contribution in [2.45, 2.75) is 51.6 Å². The number of para-hydroxylation sites is 1. The number of methoxy groups -OCH3 is 1. The zero-order valence-electron chi connectivity index (χ0n) is 12.7. The highest BCUT2D eigenvalue weighted by Crippen LogP contribution is 2.18. The van der Waals surface area contributed by atoms with Crippen molar-refractivity contribution in [3.63, 3.8) is 0 Å². The van der Waals surface area contributed by atoms with Crippen molar-refractivity contribution < 1.29 is 9.53 Å². The number of benzene rings is 1. The summed E-state index contributed by atoms with van der Waals surface area (Å²) in [4.78, 5) is 11.9. The zero-order valence-corrected chi connectivity index (χ0v) is 12.7. The molecule has 0 fully saturated rings. The molecule has 3 N–H and O–H groups in total. The number of carbonyl (C=O) groups excluding carboxylic acids is 1. The summed E-state index contributed by atoms with van der Waals surface area (Å²) in [6.45, 7) is 4.08. The Hall–Kier alpha value is -1.55. The third-order valence-corrected chi connectivity index (χ3v) is 3.31. The molecular weight excluding hydrogens is 252 g/mol. The molecule has 2 atom stereocenters. The van der Waals surface area contributed by atoms with E-state index in [1.807, 2.05) is 31.2 Å². The molecule has 0 saturated carbocycles. The van der Waals surface area contributed by atoms with Crippen LogP contribution in [0.5, 0.6) is 5.75 Å². The molecule has 1 amide bonds. The Morgan fingerprint density at radius 1 is 1.40 bits per heavy atom. The molecule has 0 saturated heterocycles. The molecule has 4 nitrogen and oxygen atoms in total. The van der Waals surface area contributed by atoms with Crippen LogP contribution in [0.4, 0.5) is 0 Å². The van der Waals surface area contributed by atoms with Crippen molar-refractivity contribution in [1.82, 2.24) is 5.32 Å². The van der Waals surface area contributed by atoms with Crippen molar-refractivity contribution in [2.24, 2.45) is 5.73 Å². The van der Waals surface area contributed by atoms with Gasteiger partial charge in [0.15, 0.2) is 0 Å². The topological polar surface area (TPSA) is 64.4 Å². The molecule has 0 aliphatic carbocycles. The normalized spacial score (nSPS) is 13.6. The highest BCUT2D eigenvalue weighted by Gasteiger charge is 2.16. The lowest BCUT2D eigenvalue weighted by Crippen LogP contribution is -2.45. The Labute approximate surface area is 121 Å². The van der Waals surface area contributed by atoms with Crippen molar-refractivity contribution >= 4 is 5.91 Å². The zero-order chi connectivity index (χ0) is 15.0. The number of carbonyl (C=O) groups is 1. The van der Waals surface area contributed by atoms with Crippen LogP contribution in [-0.2, 0) is 11.2 Å². The molecule has 0 spiro atoms. The van der Waals surface area contributed by atoms with Gasteiger partial charge in [0.25, 0.3) is 0 Å². The SMILES string of the molecule is CCCCC(N)C(=O)NC(C)Cc1ccccc1OC. The maximum atomic E-state index is 11.9. The van der Waals surface area contributed by atoms with Gasteiger partial charge in [-0.1, -0.05) is 38.0 Å². The number of hydrogen-bond acceptors (Lipinski definition) is 3. The average molecular weight is 278 g/mol. The van der Waals surface area contributed by atoms with Gasteiger partial charge < -0.3 is 15.8 Å². The third-order valence-electron chi connectivity index (χ3n) is 3.31. The second kappa shape index (κ2) is 8.59. The minimum atomic E-state index is -0.407. The average Bonchev–Trinajstić information content (AvgIpc) is 2.45. The van der Waals surface area contributed by atoms with Crippen LogP contribution in [0.1, 0.15) is 38.7 Å². The second-order valence-electron chi connectivity index (χ2n) is 5.17. The summed E-state index contributed by atoms with van der Waals surface area (Å²) in [5.74, 6) is 0.782. The Balaban J connectivity index is 2.50. The summed E-state index contributed by atoms with van der Waals surface area (Å²) in [6, 6.07) is 7.47. The number of hydrogen-bond donors (Lipinski definition) is 2. The lowest BCUT2D eigenvalue weighted by molar-refractivity contribution is -0.123. The van der Waals surface area contributed by atoms with Gasteiger partial charge in [0, 0.05) is 6.04 Å². The van der Waals surface area contributed by atoms with E-state index in [2.05, 4.69) is 12.2 Å². The lowest BCUT2D eigenvalue weighted by atomic mass is 10.0. The molecule has 0 aliphatic rings. The molecule has 0 bridgehead atoms. The molecule has 1 rings (SSSR count). The summed E-state index contributed by atoms with van der Waals surface area (Å²) in [5.41, 5.74) is 6.95. The number of nitrogens with one attached hydrogen (secondary N) is 1. The van der Waals surface area contributed by atoms with E-state index in [1.165, 1.54) is 0 Å². The van der Waals surface area contributed by atoms with Crippen LogP contribution < -0.4 is 15.8 Å². The summed E-state index contributed by atoms with van der Waals surface area (Å²) in [5, 5.41) is 2.97. The number of unbranched alkanes of at least 4 members (excludes halogenated alkanes) is 1. The summed E-state index contributed by atoms with van der Waals surface area (Å²) < 4.78 is 5.31. The van der Waals surface area contributed by atoms with E-state index in [4.69, 9.17) is 10.5 Å². The van der Waals surface area contributed by atoms with Crippen LogP contribution in [0.2, 0.25) is 0 Å². The van der Waals surface area contributed by atoms with Gasteiger partial charge in [-0.25, -0.2) is 0 Å². The van der Waals surface area contributed by atoms with E-state index in [0.717, 1.165) is 37.0 Å². The monoisotopic (exact) mass is 278 g/mol. The van der Waals surface area contributed by atoms with Crippen LogP contribution in [0.3, 0.4) is 0 Å². The Bertz CT molecular complexity index is 421. The van der Waals surface area contributed by atoms with Crippen LogP contribution in [0, 0.1) is 0 Å². The fourth-order valence-electron chi connectivity index (χ4n) is 2.16. The Kier molecular flexibility index (Phi) is 7.09. The first-order chi connectivity index (χ1) is 9.58. The summed E-state index contributed by atoms with van der Waals surface area (Å²) in [7, 11) is 1.66. The van der Waals surface area contributed by atoms with E-state index < -0.39 is 6.04 Å². The highest BCUT2D eigenvalue weighted by atomic mass is 16.5. The molecule has 2 unspecified atom stereocenters. The molecule has 0 radical (unpaired) electrons. The third kappa shape index (κ3) is 5.21. The quantitative estimate of drug-likeness (QED) is 0.766. The molecular formula is C16H26N2O2. The van der Waals surface area contributed by atoms with E-state index in [9.17, 15) is 4.79 Å². The number of ether oxygens (including phenoxy) is 1. The van der Waals surface area contributed by atoms with Crippen LogP contribution >= 0.6 is 0 Å². The van der Waals surface area contributed by atoms with E-state index in [0.29, 0.717) is 0 Å². The minimum absolute atomic E-state index is 0.0338. The lowest BCUT2D eigenvalue weighted by Gasteiger charge is -2.18. The van der Waals surface area contributed by atoms with Crippen molar-refractivity contribution in [1.29, 1.82) is 0 Å². The molecule has 0 aromatic heterocycles. The van der Waals surface area contributed by atoms with Gasteiger partial charge in [0.2, 0.25) is 5.91 Å². The van der Waals surface area contributed by atoms with Gasteiger partial charge in [-0.15, -0.1) is 0 Å². The maximum Gasteiger partial charge on any atom is 0.237 e. The van der Waals surface area contributed by atoms with Gasteiger partial charge in [-0.3, -0.25) is 4.79 Å². The van der Waals surface area contributed by atoms with Gasteiger partial charge in [0.05, 0.1) is 13.2 Å². The number of rotatable bonds is 8. The molecule has 1 aromatic rings. The van der Waals surface area contributed by atoms with Crippen molar-refractivity contribution in [3.8, 4) is 5.75 Å². The predicted octanol–water partition coefficient (Wildman–Crippen LogP) is 2.26. The van der Waals surface area contributed by atoms with Gasteiger partial charge in [0.1, 0.15) is 5.75 Å². The van der Waals surface area contributed by atoms with Crippen molar-refractivity contribution in [3.05, 3.63) is 29.8 Å². The Morgan fingerprint density at radius 2 is 2.10 bits per heavy atom. The second-order valence-corrected chi connectivity index (χ2v) is 5.17. The molecule has 112 valence electrons. The Morgan fingerprint density at radius 3 is 2.75 bits per heavy atom. The van der Waals surface area contributed by atoms with Crippen LogP contribution in [0.15, 0.2) is 24.3 Å². The standard InChI is InChI=1S/C16H26N2O2/c1-4-5-9-14(17)16(19)18-12(2)11-13-8-6-7-10-15(13)20-3/h6-8,10,12,14H,4-5,9,11,17H2,1-3H3,(H,18,19). The highest BCUT2D eigenvalue weighted by molar-refractivity contribution is 5.81. The van der Waals surface area contributed by atoms with E-state index in [1.54, 1.807) is 7.11 Å². The first-order valence-electron chi connectivity index (χ1n) is 7.26. The largest absolute Gasteiger partial charge is 0.496 e. The predicted molar refractivity (Wildman–Crippen MR) is 81.8 cm³/mol. The number of amides is 1. The van der Waals surface area contributed by atoms with E-state index in [-0.39, 0.29) is 11.9 Å². The van der Waals surface area contributed by atoms with Gasteiger partial charge >= 0.3 is 0 Å². The molecule has 0 aliphatic heterocycles. The smallest absolute Gasteiger partial charge is 0.237 e. The van der Waals surface area contributed by atoms with Gasteiger partial charge in [-0.2, -0.15) is 0 Å². The molecule has 20 heavy (non-hydrogen) atoms. The van der Waals surface area contributed by atoms with Gasteiger partial charge in [-0.05, 0) is 31.4 Å². The fraction of sp³-hybridized carbons (Fsp3) is 0.562. The first kappa shape index (κ1) is 16.5. The minimum Gasteiger partial charge on any atom is -0.496 e. The fourth-order valence-corrected chi connectivity index (χ4v) is 2.16. The molecule has 1 aromatic carbocycles. The molecule has 0 heterocycles. The molecule has 4 heteroatoms. The summed E-state index contributed by atoms with van der Waals surface area (Å²) in [6.07, 6.45) is 3.51. The number of nitrogens with two attached hydrogens (primary N) is 1. The van der Waals surface area contributed by atoms with Crippen molar-refractivity contribution in [2.75, 3.05) is 7.11 Å².